The number of anilines is 1. The van der Waals surface area contributed by atoms with E-state index in [0.717, 1.165) is 11.4 Å². The van der Waals surface area contributed by atoms with E-state index in [9.17, 15) is 18.0 Å². The first-order chi connectivity index (χ1) is 15.1. The Hall–Kier alpha value is -2.59. The van der Waals surface area contributed by atoms with Crippen LogP contribution >= 0.6 is 0 Å². The molecule has 3 aliphatic rings. The predicted octanol–water partition coefficient (Wildman–Crippen LogP) is 1.01. The van der Waals surface area contributed by atoms with Crippen molar-refractivity contribution in [2.45, 2.75) is 25.4 Å². The van der Waals surface area contributed by atoms with E-state index in [1.165, 1.54) is 10.6 Å². The summed E-state index contributed by atoms with van der Waals surface area (Å²) in [7, 11) is -1.70. The van der Waals surface area contributed by atoms with Crippen LogP contribution in [-0.4, -0.2) is 87.7 Å². The molecule has 0 bridgehead atoms. The fourth-order valence-corrected chi connectivity index (χ4v) is 5.60. The van der Waals surface area contributed by atoms with Crippen molar-refractivity contribution in [2.24, 2.45) is 0 Å². The molecule has 9 nitrogen and oxygen atoms in total. The highest BCUT2D eigenvalue weighted by Gasteiger charge is 2.52. The molecule has 0 atom stereocenters. The van der Waals surface area contributed by atoms with Gasteiger partial charge in [0.25, 0.3) is 5.91 Å². The van der Waals surface area contributed by atoms with Crippen LogP contribution in [0.2, 0.25) is 0 Å². The molecule has 2 saturated heterocycles. The summed E-state index contributed by atoms with van der Waals surface area (Å²) in [6.45, 7) is 4.48. The molecule has 1 aromatic rings. The first kappa shape index (κ1) is 22.6. The molecule has 0 unspecified atom stereocenters. The van der Waals surface area contributed by atoms with E-state index in [0.29, 0.717) is 37.3 Å². The average Bonchev–Trinajstić information content (AvgIpc) is 3.02. The Morgan fingerprint density at radius 2 is 1.62 bits per heavy atom. The van der Waals surface area contributed by atoms with Crippen molar-refractivity contribution in [1.29, 1.82) is 0 Å². The number of carbonyl (C=O) groups excluding carboxylic acids is 2. The molecule has 0 N–H and O–H groups in total. The van der Waals surface area contributed by atoms with Gasteiger partial charge >= 0.3 is 5.97 Å². The summed E-state index contributed by atoms with van der Waals surface area (Å²) >= 11 is 0. The molecule has 3 aliphatic heterocycles. The second-order valence-corrected chi connectivity index (χ2v) is 10.5. The van der Waals surface area contributed by atoms with Crippen LogP contribution in [0.3, 0.4) is 0 Å². The number of hydrogen-bond donors (Lipinski definition) is 0. The van der Waals surface area contributed by atoms with Crippen LogP contribution in [0.5, 0.6) is 5.75 Å². The highest BCUT2D eigenvalue weighted by molar-refractivity contribution is 7.88. The van der Waals surface area contributed by atoms with Crippen LogP contribution in [0.4, 0.5) is 5.69 Å². The molecule has 1 aromatic carbocycles. The summed E-state index contributed by atoms with van der Waals surface area (Å²) in [5, 5.41) is 0. The molecule has 0 radical (unpaired) electrons. The summed E-state index contributed by atoms with van der Waals surface area (Å²) in [5.41, 5.74) is 0.762. The van der Waals surface area contributed by atoms with Crippen molar-refractivity contribution >= 4 is 27.6 Å². The lowest BCUT2D eigenvalue weighted by atomic mass is 9.83. The van der Waals surface area contributed by atoms with Gasteiger partial charge in [0.15, 0.2) is 0 Å². The van der Waals surface area contributed by atoms with Gasteiger partial charge in [-0.3, -0.25) is 4.79 Å². The van der Waals surface area contributed by atoms with Gasteiger partial charge in [0.1, 0.15) is 11.4 Å². The minimum absolute atomic E-state index is 0.185. The summed E-state index contributed by atoms with van der Waals surface area (Å²) < 4.78 is 36.0. The largest absolute Gasteiger partial charge is 0.497 e. The van der Waals surface area contributed by atoms with Gasteiger partial charge < -0.3 is 19.3 Å². The molecular weight excluding hydrogens is 434 g/mol. The van der Waals surface area contributed by atoms with Gasteiger partial charge in [0, 0.05) is 63.4 Å². The maximum absolute atomic E-state index is 13.5. The normalized spacial score (nSPS) is 21.8. The first-order valence-corrected chi connectivity index (χ1v) is 12.6. The van der Waals surface area contributed by atoms with Gasteiger partial charge in [-0.2, -0.15) is 0 Å². The minimum Gasteiger partial charge on any atom is -0.497 e. The van der Waals surface area contributed by atoms with E-state index in [1.54, 1.807) is 18.9 Å². The molecule has 10 heteroatoms. The highest BCUT2D eigenvalue weighted by atomic mass is 32.2. The number of piperazine rings is 1. The quantitative estimate of drug-likeness (QED) is 0.615. The number of benzene rings is 1. The molecule has 174 valence electrons. The lowest BCUT2D eigenvalue weighted by Gasteiger charge is -2.41. The zero-order valence-electron chi connectivity index (χ0n) is 18.7. The number of rotatable bonds is 4. The Labute approximate surface area is 188 Å². The SMILES string of the molecule is COc1ccc(N2CCN(C(=O)C3=C(C)C(=O)OC34CCN(S(C)(=O)=O)CC4)CC2)cc1. The summed E-state index contributed by atoms with van der Waals surface area (Å²) in [5.74, 6) is 0.122. The monoisotopic (exact) mass is 463 g/mol. The van der Waals surface area contributed by atoms with Gasteiger partial charge in [-0.15, -0.1) is 0 Å². The Morgan fingerprint density at radius 3 is 2.16 bits per heavy atom. The molecule has 32 heavy (non-hydrogen) atoms. The molecule has 0 aliphatic carbocycles. The fraction of sp³-hybridized carbons (Fsp3) is 0.545. The van der Waals surface area contributed by atoms with E-state index >= 15 is 0 Å². The number of nitrogens with zero attached hydrogens (tertiary/aromatic N) is 3. The summed E-state index contributed by atoms with van der Waals surface area (Å²) in [6.07, 6.45) is 1.74. The van der Waals surface area contributed by atoms with Crippen molar-refractivity contribution < 1.29 is 27.5 Å². The average molecular weight is 464 g/mol. The third kappa shape index (κ3) is 4.09. The molecular formula is C22H29N3O6S. The molecule has 0 aromatic heterocycles. The van der Waals surface area contributed by atoms with E-state index in [-0.39, 0.29) is 31.8 Å². The molecule has 4 rings (SSSR count). The number of sulfonamides is 1. The van der Waals surface area contributed by atoms with Crippen LogP contribution in [-0.2, 0) is 24.3 Å². The molecule has 0 saturated carbocycles. The lowest BCUT2D eigenvalue weighted by molar-refractivity contribution is -0.150. The van der Waals surface area contributed by atoms with Crippen LogP contribution in [0.1, 0.15) is 19.8 Å². The Balaban J connectivity index is 1.46. The van der Waals surface area contributed by atoms with E-state index in [1.807, 2.05) is 24.3 Å². The third-order valence-corrected chi connectivity index (χ3v) is 7.95. The third-order valence-electron chi connectivity index (χ3n) is 6.64. The highest BCUT2D eigenvalue weighted by Crippen LogP contribution is 2.42. The van der Waals surface area contributed by atoms with Crippen molar-refractivity contribution in [3.63, 3.8) is 0 Å². The number of methoxy groups -OCH3 is 1. The zero-order chi connectivity index (χ0) is 23.1. The van der Waals surface area contributed by atoms with Crippen molar-refractivity contribution in [1.82, 2.24) is 9.21 Å². The standard InChI is InChI=1S/C22H29N3O6S/c1-16-19(22(31-21(16)27)8-10-25(11-9-22)32(3,28)29)20(26)24-14-12-23(13-15-24)17-4-6-18(30-2)7-5-17/h4-7H,8-15H2,1-3H3. The fourth-order valence-electron chi connectivity index (χ4n) is 4.75. The second-order valence-electron chi connectivity index (χ2n) is 8.52. The molecule has 1 spiro atoms. The van der Waals surface area contributed by atoms with Crippen LogP contribution in [0.25, 0.3) is 0 Å². The summed E-state index contributed by atoms with van der Waals surface area (Å²) in [6, 6.07) is 7.82. The first-order valence-electron chi connectivity index (χ1n) is 10.7. The van der Waals surface area contributed by atoms with Crippen LogP contribution in [0, 0.1) is 0 Å². The zero-order valence-corrected chi connectivity index (χ0v) is 19.5. The topological polar surface area (TPSA) is 96.5 Å². The van der Waals surface area contributed by atoms with Crippen LogP contribution < -0.4 is 9.64 Å². The van der Waals surface area contributed by atoms with Crippen molar-refractivity contribution in [2.75, 3.05) is 57.5 Å². The Bertz CT molecular complexity index is 1030. The Kier molecular flexibility index (Phi) is 5.93. The maximum Gasteiger partial charge on any atom is 0.335 e. The predicted molar refractivity (Wildman–Crippen MR) is 119 cm³/mol. The molecule has 1 amide bonds. The molecule has 3 heterocycles. The smallest absolute Gasteiger partial charge is 0.335 e. The molecule has 2 fully saturated rings. The van der Waals surface area contributed by atoms with Gasteiger partial charge in [0.05, 0.1) is 18.9 Å². The number of piperidine rings is 1. The van der Waals surface area contributed by atoms with E-state index in [2.05, 4.69) is 4.90 Å². The number of esters is 1. The van der Waals surface area contributed by atoms with Crippen molar-refractivity contribution in [3.05, 3.63) is 35.4 Å². The van der Waals surface area contributed by atoms with Gasteiger partial charge in [-0.05, 0) is 31.2 Å². The van der Waals surface area contributed by atoms with E-state index in [4.69, 9.17) is 9.47 Å². The summed E-state index contributed by atoms with van der Waals surface area (Å²) in [4.78, 5) is 29.9. The number of hydrogen-bond acceptors (Lipinski definition) is 7. The van der Waals surface area contributed by atoms with Gasteiger partial charge in [-0.1, -0.05) is 0 Å². The van der Waals surface area contributed by atoms with Crippen molar-refractivity contribution in [3.8, 4) is 5.75 Å². The van der Waals surface area contributed by atoms with Crippen LogP contribution in [0.15, 0.2) is 35.4 Å². The number of amides is 1. The second kappa shape index (κ2) is 8.40. The number of carbonyl (C=O) groups is 2. The Morgan fingerprint density at radius 1 is 1.03 bits per heavy atom. The number of ether oxygens (including phenoxy) is 2. The maximum atomic E-state index is 13.5. The minimum atomic E-state index is -3.33. The lowest BCUT2D eigenvalue weighted by Crippen LogP contribution is -2.53. The van der Waals surface area contributed by atoms with Gasteiger partial charge in [-0.25, -0.2) is 17.5 Å². The van der Waals surface area contributed by atoms with Gasteiger partial charge in [0.2, 0.25) is 10.0 Å². The van der Waals surface area contributed by atoms with E-state index < -0.39 is 21.6 Å².